The van der Waals surface area contributed by atoms with Crippen molar-refractivity contribution in [3.8, 4) is 0 Å². The lowest BCUT2D eigenvalue weighted by Gasteiger charge is -2.21. The van der Waals surface area contributed by atoms with Crippen LogP contribution in [0.3, 0.4) is 0 Å². The summed E-state index contributed by atoms with van der Waals surface area (Å²) in [5, 5.41) is 3.54. The molecule has 2 aromatic rings. The fourth-order valence-corrected chi connectivity index (χ4v) is 2.59. The van der Waals surface area contributed by atoms with Crippen LogP contribution in [0.5, 0.6) is 0 Å². The Hall–Kier alpha value is -1.67. The molecule has 0 saturated heterocycles. The Morgan fingerprint density at radius 3 is 2.33 bits per heavy atom. The highest BCUT2D eigenvalue weighted by atomic mass is 19.1. The number of benzene rings is 2. The molecule has 2 aromatic carbocycles. The van der Waals surface area contributed by atoms with Crippen LogP contribution in [0, 0.1) is 26.6 Å². The van der Waals surface area contributed by atoms with Crippen molar-refractivity contribution in [2.75, 3.05) is 6.54 Å². The van der Waals surface area contributed by atoms with Gasteiger partial charge in [0, 0.05) is 0 Å². The van der Waals surface area contributed by atoms with Gasteiger partial charge in [0.05, 0.1) is 6.04 Å². The first-order valence-electron chi connectivity index (χ1n) is 7.59. The summed E-state index contributed by atoms with van der Waals surface area (Å²) >= 11 is 0. The van der Waals surface area contributed by atoms with Crippen molar-refractivity contribution in [1.29, 1.82) is 0 Å². The van der Waals surface area contributed by atoms with E-state index in [2.05, 4.69) is 50.4 Å². The number of hydrogen-bond acceptors (Lipinski definition) is 1. The molecule has 1 nitrogen and oxygen atoms in total. The summed E-state index contributed by atoms with van der Waals surface area (Å²) < 4.78 is 13.7. The second kappa shape index (κ2) is 6.86. The molecule has 0 aliphatic carbocycles. The molecular formula is C19H24FN. The number of halogens is 1. The van der Waals surface area contributed by atoms with Gasteiger partial charge in [-0.05, 0) is 73.7 Å². The molecule has 0 heterocycles. The third kappa shape index (κ3) is 3.92. The molecule has 1 unspecified atom stereocenters. The minimum atomic E-state index is -0.169. The van der Waals surface area contributed by atoms with Crippen LogP contribution < -0.4 is 5.32 Å². The maximum atomic E-state index is 13.7. The van der Waals surface area contributed by atoms with Gasteiger partial charge in [0.1, 0.15) is 5.82 Å². The zero-order chi connectivity index (χ0) is 15.4. The Bertz CT molecular complexity index is 599. The lowest BCUT2D eigenvalue weighted by atomic mass is 9.94. The topological polar surface area (TPSA) is 12.0 Å². The minimum absolute atomic E-state index is 0.0404. The average Bonchev–Trinajstić information content (AvgIpc) is 2.42. The van der Waals surface area contributed by atoms with Crippen molar-refractivity contribution in [3.63, 3.8) is 0 Å². The van der Waals surface area contributed by atoms with Gasteiger partial charge in [-0.15, -0.1) is 0 Å². The summed E-state index contributed by atoms with van der Waals surface area (Å²) in [4.78, 5) is 0. The van der Waals surface area contributed by atoms with Crippen LogP contribution in [0.15, 0.2) is 36.4 Å². The molecule has 0 radical (unpaired) electrons. The quantitative estimate of drug-likeness (QED) is 0.829. The average molecular weight is 285 g/mol. The van der Waals surface area contributed by atoms with Crippen LogP contribution >= 0.6 is 0 Å². The van der Waals surface area contributed by atoms with E-state index in [0.29, 0.717) is 0 Å². The van der Waals surface area contributed by atoms with Crippen LogP contribution in [-0.2, 0) is 0 Å². The summed E-state index contributed by atoms with van der Waals surface area (Å²) in [6.07, 6.45) is 1.05. The molecular weight excluding hydrogens is 261 g/mol. The van der Waals surface area contributed by atoms with E-state index < -0.39 is 0 Å². The van der Waals surface area contributed by atoms with Gasteiger partial charge in [-0.25, -0.2) is 4.39 Å². The van der Waals surface area contributed by atoms with E-state index in [4.69, 9.17) is 0 Å². The largest absolute Gasteiger partial charge is 0.306 e. The smallest absolute Gasteiger partial charge is 0.123 e. The molecule has 2 rings (SSSR count). The molecule has 21 heavy (non-hydrogen) atoms. The molecule has 0 saturated carbocycles. The summed E-state index contributed by atoms with van der Waals surface area (Å²) in [6, 6.07) is 11.8. The van der Waals surface area contributed by atoms with Crippen LogP contribution in [0.2, 0.25) is 0 Å². The second-order valence-electron chi connectivity index (χ2n) is 5.79. The Balaban J connectivity index is 2.43. The zero-order valence-electron chi connectivity index (χ0n) is 13.3. The van der Waals surface area contributed by atoms with Crippen LogP contribution in [0.1, 0.15) is 47.2 Å². The summed E-state index contributed by atoms with van der Waals surface area (Å²) in [7, 11) is 0. The predicted molar refractivity (Wildman–Crippen MR) is 87.2 cm³/mol. The Morgan fingerprint density at radius 1 is 0.952 bits per heavy atom. The number of rotatable bonds is 5. The molecule has 0 aliphatic heterocycles. The van der Waals surface area contributed by atoms with Gasteiger partial charge in [-0.1, -0.05) is 31.2 Å². The van der Waals surface area contributed by atoms with Crippen molar-refractivity contribution in [3.05, 3.63) is 70.0 Å². The first-order valence-corrected chi connectivity index (χ1v) is 7.59. The van der Waals surface area contributed by atoms with Crippen molar-refractivity contribution in [2.45, 2.75) is 40.2 Å². The molecule has 1 N–H and O–H groups in total. The lowest BCUT2D eigenvalue weighted by Crippen LogP contribution is -2.23. The first kappa shape index (κ1) is 15.7. The molecule has 0 fully saturated rings. The third-order valence-electron chi connectivity index (χ3n) is 3.86. The SMILES string of the molecule is CCCNC(c1cc(C)cc(F)c1)c1ccc(C)c(C)c1. The summed E-state index contributed by atoms with van der Waals surface area (Å²) in [6.45, 7) is 9.21. The van der Waals surface area contributed by atoms with Gasteiger partial charge in [-0.3, -0.25) is 0 Å². The number of nitrogens with one attached hydrogen (secondary N) is 1. The molecule has 0 amide bonds. The van der Waals surface area contributed by atoms with Crippen LogP contribution in [0.4, 0.5) is 4.39 Å². The second-order valence-corrected chi connectivity index (χ2v) is 5.79. The molecule has 0 aromatic heterocycles. The van der Waals surface area contributed by atoms with Gasteiger partial charge >= 0.3 is 0 Å². The van der Waals surface area contributed by atoms with E-state index in [1.54, 1.807) is 12.1 Å². The van der Waals surface area contributed by atoms with Crippen LogP contribution in [0.25, 0.3) is 0 Å². The molecule has 112 valence electrons. The maximum absolute atomic E-state index is 13.7. The highest BCUT2D eigenvalue weighted by Gasteiger charge is 2.15. The van der Waals surface area contributed by atoms with Crippen LogP contribution in [-0.4, -0.2) is 6.54 Å². The third-order valence-corrected chi connectivity index (χ3v) is 3.86. The molecule has 0 spiro atoms. The summed E-state index contributed by atoms with van der Waals surface area (Å²) in [5.41, 5.74) is 5.69. The molecule has 2 heteroatoms. The standard InChI is InChI=1S/C19H24FN/c1-5-8-21-19(16-7-6-14(3)15(4)11-16)17-9-13(2)10-18(20)12-17/h6-7,9-12,19,21H,5,8H2,1-4H3. The lowest BCUT2D eigenvalue weighted by molar-refractivity contribution is 0.584. The highest BCUT2D eigenvalue weighted by Crippen LogP contribution is 2.25. The Labute approximate surface area is 127 Å². The number of hydrogen-bond donors (Lipinski definition) is 1. The molecule has 1 atom stereocenters. The number of aryl methyl sites for hydroxylation is 3. The van der Waals surface area contributed by atoms with Gasteiger partial charge < -0.3 is 5.32 Å². The summed E-state index contributed by atoms with van der Waals surface area (Å²) in [5.74, 6) is -0.169. The minimum Gasteiger partial charge on any atom is -0.306 e. The zero-order valence-corrected chi connectivity index (χ0v) is 13.3. The Morgan fingerprint density at radius 2 is 1.71 bits per heavy atom. The van der Waals surface area contributed by atoms with Crippen molar-refractivity contribution < 1.29 is 4.39 Å². The normalized spacial score (nSPS) is 12.4. The van der Waals surface area contributed by atoms with E-state index in [1.807, 2.05) is 6.92 Å². The van der Waals surface area contributed by atoms with Crippen molar-refractivity contribution >= 4 is 0 Å². The van der Waals surface area contributed by atoms with Gasteiger partial charge in [0.2, 0.25) is 0 Å². The van der Waals surface area contributed by atoms with E-state index in [0.717, 1.165) is 24.1 Å². The molecule has 0 bridgehead atoms. The van der Waals surface area contributed by atoms with Gasteiger partial charge in [-0.2, -0.15) is 0 Å². The van der Waals surface area contributed by atoms with E-state index in [1.165, 1.54) is 16.7 Å². The van der Waals surface area contributed by atoms with Crippen molar-refractivity contribution in [1.82, 2.24) is 5.32 Å². The highest BCUT2D eigenvalue weighted by molar-refractivity contribution is 5.38. The van der Waals surface area contributed by atoms with Crippen molar-refractivity contribution in [2.24, 2.45) is 0 Å². The fraction of sp³-hybridized carbons (Fsp3) is 0.368. The monoisotopic (exact) mass is 285 g/mol. The van der Waals surface area contributed by atoms with Gasteiger partial charge in [0.25, 0.3) is 0 Å². The van der Waals surface area contributed by atoms with E-state index >= 15 is 0 Å². The first-order chi connectivity index (χ1) is 10.0. The fourth-order valence-electron chi connectivity index (χ4n) is 2.59. The van der Waals surface area contributed by atoms with E-state index in [-0.39, 0.29) is 11.9 Å². The predicted octanol–water partition coefficient (Wildman–Crippen LogP) is 4.84. The maximum Gasteiger partial charge on any atom is 0.123 e. The Kier molecular flexibility index (Phi) is 5.13. The van der Waals surface area contributed by atoms with E-state index in [9.17, 15) is 4.39 Å². The molecule has 0 aliphatic rings. The van der Waals surface area contributed by atoms with Gasteiger partial charge in [0.15, 0.2) is 0 Å².